The highest BCUT2D eigenvalue weighted by Gasteiger charge is 2.10. The van der Waals surface area contributed by atoms with Crippen LogP contribution in [-0.4, -0.2) is 29.7 Å². The van der Waals surface area contributed by atoms with Gasteiger partial charge in [-0.2, -0.15) is 5.10 Å². The van der Waals surface area contributed by atoms with E-state index in [1.54, 1.807) is 17.1 Å². The Morgan fingerprint density at radius 1 is 1.05 bits per heavy atom. The number of nitrogens with two attached hydrogens (primary N) is 1. The summed E-state index contributed by atoms with van der Waals surface area (Å²) in [5.74, 6) is 1.80. The molecule has 3 N–H and O–H groups in total. The van der Waals surface area contributed by atoms with Gasteiger partial charge in [-0.05, 0) is 30.3 Å². The molecule has 0 aliphatic carbocycles. The zero-order chi connectivity index (χ0) is 14.2. The molecular weight excluding hydrogens is 266 g/mol. The van der Waals surface area contributed by atoms with Crippen molar-refractivity contribution < 1.29 is 0 Å². The molecule has 4 aromatic rings. The lowest BCUT2D eigenvalue weighted by molar-refractivity contribution is 0.851. The average molecular weight is 277 g/mol. The van der Waals surface area contributed by atoms with Crippen molar-refractivity contribution in [3.8, 4) is 17.2 Å². The highest BCUT2D eigenvalue weighted by molar-refractivity contribution is 5.79. The molecule has 0 spiro atoms. The Balaban J connectivity index is 1.85. The fourth-order valence-corrected chi connectivity index (χ4v) is 2.16. The first-order chi connectivity index (χ1) is 10.3. The van der Waals surface area contributed by atoms with Crippen molar-refractivity contribution in [2.75, 3.05) is 5.73 Å². The second-order valence-electron chi connectivity index (χ2n) is 4.51. The van der Waals surface area contributed by atoms with E-state index in [1.807, 2.05) is 36.5 Å². The van der Waals surface area contributed by atoms with Crippen molar-refractivity contribution in [1.29, 1.82) is 0 Å². The van der Waals surface area contributed by atoms with Crippen LogP contribution in [0.15, 0.2) is 48.9 Å². The van der Waals surface area contributed by atoms with Crippen molar-refractivity contribution in [2.45, 2.75) is 0 Å². The second-order valence-corrected chi connectivity index (χ2v) is 4.51. The molecule has 7 nitrogen and oxygen atoms in total. The third-order valence-electron chi connectivity index (χ3n) is 3.16. The van der Waals surface area contributed by atoms with Crippen LogP contribution in [0.25, 0.3) is 28.4 Å². The van der Waals surface area contributed by atoms with Crippen LogP contribution in [0.4, 0.5) is 5.82 Å². The maximum atomic E-state index is 5.88. The maximum Gasteiger partial charge on any atom is 0.180 e. The van der Waals surface area contributed by atoms with Gasteiger partial charge in [-0.15, -0.1) is 0 Å². The highest BCUT2D eigenvalue weighted by Crippen LogP contribution is 2.23. The zero-order valence-corrected chi connectivity index (χ0v) is 10.9. The summed E-state index contributed by atoms with van der Waals surface area (Å²) in [5.41, 5.74) is 8.09. The SMILES string of the molecule is Nc1ncccc1-c1nc2nc(-n3cccn3)ccc2[nH]1. The number of H-pyrrole nitrogens is 1. The molecule has 0 aliphatic heterocycles. The van der Waals surface area contributed by atoms with Crippen LogP contribution < -0.4 is 5.73 Å². The first-order valence-electron chi connectivity index (χ1n) is 6.39. The van der Waals surface area contributed by atoms with E-state index in [9.17, 15) is 0 Å². The molecular formula is C14H11N7. The van der Waals surface area contributed by atoms with Crippen LogP contribution in [0.1, 0.15) is 0 Å². The minimum Gasteiger partial charge on any atom is -0.383 e. The predicted molar refractivity (Wildman–Crippen MR) is 78.7 cm³/mol. The number of rotatable bonds is 2. The summed E-state index contributed by atoms with van der Waals surface area (Å²) < 4.78 is 1.69. The molecule has 0 fully saturated rings. The Bertz CT molecular complexity index is 908. The first-order valence-corrected chi connectivity index (χ1v) is 6.39. The van der Waals surface area contributed by atoms with E-state index in [0.717, 1.165) is 11.1 Å². The Morgan fingerprint density at radius 2 is 2.00 bits per heavy atom. The fraction of sp³-hybridized carbons (Fsp3) is 0. The molecule has 0 aliphatic rings. The lowest BCUT2D eigenvalue weighted by Crippen LogP contribution is -1.97. The number of aromatic nitrogens is 6. The molecule has 0 saturated carbocycles. The lowest BCUT2D eigenvalue weighted by Gasteiger charge is -1.98. The van der Waals surface area contributed by atoms with Gasteiger partial charge in [0, 0.05) is 18.6 Å². The van der Waals surface area contributed by atoms with Gasteiger partial charge in [0.15, 0.2) is 11.5 Å². The van der Waals surface area contributed by atoms with Gasteiger partial charge in [-0.3, -0.25) is 0 Å². The van der Waals surface area contributed by atoms with Crippen molar-refractivity contribution >= 4 is 17.0 Å². The number of anilines is 1. The predicted octanol–water partition coefficient (Wildman–Crippen LogP) is 1.79. The Kier molecular flexibility index (Phi) is 2.43. The minimum atomic E-state index is 0.434. The molecule has 4 rings (SSSR count). The number of imidazole rings is 1. The molecule has 0 aromatic carbocycles. The van der Waals surface area contributed by atoms with Gasteiger partial charge in [0.2, 0.25) is 0 Å². The Labute approximate surface area is 119 Å². The summed E-state index contributed by atoms with van der Waals surface area (Å²) in [6.07, 6.45) is 5.19. The summed E-state index contributed by atoms with van der Waals surface area (Å²) in [5, 5.41) is 4.16. The largest absolute Gasteiger partial charge is 0.383 e. The molecule has 4 heterocycles. The third-order valence-corrected chi connectivity index (χ3v) is 3.16. The first kappa shape index (κ1) is 11.6. The van der Waals surface area contributed by atoms with E-state index in [1.165, 1.54) is 0 Å². The van der Waals surface area contributed by atoms with E-state index >= 15 is 0 Å². The van der Waals surface area contributed by atoms with E-state index in [4.69, 9.17) is 5.73 Å². The van der Waals surface area contributed by atoms with E-state index in [2.05, 4.69) is 25.0 Å². The quantitative estimate of drug-likeness (QED) is 0.582. The summed E-state index contributed by atoms with van der Waals surface area (Å²) in [6.45, 7) is 0. The minimum absolute atomic E-state index is 0.434. The molecule has 4 aromatic heterocycles. The van der Waals surface area contributed by atoms with Crippen molar-refractivity contribution in [3.05, 3.63) is 48.9 Å². The Hall–Kier alpha value is -3.22. The van der Waals surface area contributed by atoms with Gasteiger partial charge in [0.1, 0.15) is 11.6 Å². The molecule has 102 valence electrons. The van der Waals surface area contributed by atoms with Gasteiger partial charge in [-0.25, -0.2) is 19.6 Å². The molecule has 0 bridgehead atoms. The van der Waals surface area contributed by atoms with Gasteiger partial charge in [-0.1, -0.05) is 0 Å². The summed E-state index contributed by atoms with van der Waals surface area (Å²) in [7, 11) is 0. The van der Waals surface area contributed by atoms with Crippen molar-refractivity contribution in [3.63, 3.8) is 0 Å². The smallest absolute Gasteiger partial charge is 0.180 e. The fourth-order valence-electron chi connectivity index (χ4n) is 2.16. The molecule has 0 radical (unpaired) electrons. The lowest BCUT2D eigenvalue weighted by atomic mass is 10.2. The van der Waals surface area contributed by atoms with Crippen LogP contribution in [0.2, 0.25) is 0 Å². The zero-order valence-electron chi connectivity index (χ0n) is 10.9. The highest BCUT2D eigenvalue weighted by atomic mass is 15.3. The average Bonchev–Trinajstić information content (AvgIpc) is 3.16. The summed E-state index contributed by atoms with van der Waals surface area (Å²) >= 11 is 0. The van der Waals surface area contributed by atoms with Gasteiger partial charge >= 0.3 is 0 Å². The van der Waals surface area contributed by atoms with Crippen LogP contribution in [0.3, 0.4) is 0 Å². The van der Waals surface area contributed by atoms with Crippen LogP contribution in [-0.2, 0) is 0 Å². The normalized spacial score (nSPS) is 11.0. The van der Waals surface area contributed by atoms with Crippen LogP contribution in [0.5, 0.6) is 0 Å². The second kappa shape index (κ2) is 4.41. The summed E-state index contributed by atoms with van der Waals surface area (Å²) in [6, 6.07) is 9.33. The monoisotopic (exact) mass is 277 g/mol. The van der Waals surface area contributed by atoms with Crippen LogP contribution >= 0.6 is 0 Å². The third kappa shape index (κ3) is 1.91. The number of fused-ring (bicyclic) bond motifs is 1. The van der Waals surface area contributed by atoms with Gasteiger partial charge in [0.05, 0.1) is 11.1 Å². The van der Waals surface area contributed by atoms with Gasteiger partial charge < -0.3 is 10.7 Å². The number of hydrogen-bond acceptors (Lipinski definition) is 5. The van der Waals surface area contributed by atoms with Crippen LogP contribution in [0, 0.1) is 0 Å². The molecule has 0 atom stereocenters. The molecule has 0 unspecified atom stereocenters. The number of aromatic amines is 1. The number of nitrogens with zero attached hydrogens (tertiary/aromatic N) is 5. The number of nitrogens with one attached hydrogen (secondary N) is 1. The number of pyridine rings is 2. The molecule has 21 heavy (non-hydrogen) atoms. The van der Waals surface area contributed by atoms with Gasteiger partial charge in [0.25, 0.3) is 0 Å². The topological polar surface area (TPSA) is 98.3 Å². The van der Waals surface area contributed by atoms with Crippen molar-refractivity contribution in [1.82, 2.24) is 29.7 Å². The number of nitrogen functional groups attached to an aromatic ring is 1. The van der Waals surface area contributed by atoms with Crippen molar-refractivity contribution in [2.24, 2.45) is 0 Å². The molecule has 7 heteroatoms. The van der Waals surface area contributed by atoms with E-state index < -0.39 is 0 Å². The van der Waals surface area contributed by atoms with E-state index in [0.29, 0.717) is 23.1 Å². The standard InChI is InChI=1S/C14H11N7/c15-12-9(3-1-6-16-12)13-18-10-4-5-11(19-14(10)20-13)21-8-2-7-17-21/h1-8H,(H2,15,16)(H,18,19,20). The maximum absolute atomic E-state index is 5.88. The number of hydrogen-bond donors (Lipinski definition) is 2. The molecule has 0 amide bonds. The Morgan fingerprint density at radius 3 is 2.81 bits per heavy atom. The summed E-state index contributed by atoms with van der Waals surface area (Å²) in [4.78, 5) is 16.2. The van der Waals surface area contributed by atoms with E-state index in [-0.39, 0.29) is 0 Å². The molecule has 0 saturated heterocycles.